The number of hydrogen-bond acceptors (Lipinski definition) is 4. The molecule has 3 N–H and O–H groups in total. The van der Waals surface area contributed by atoms with Crippen molar-refractivity contribution in [2.45, 2.75) is 19.9 Å². The van der Waals surface area contributed by atoms with Crippen molar-refractivity contribution in [3.63, 3.8) is 0 Å². The highest BCUT2D eigenvalue weighted by Crippen LogP contribution is 2.15. The third-order valence-corrected chi connectivity index (χ3v) is 2.55. The Balaban J connectivity index is 2.07. The Morgan fingerprint density at radius 2 is 2.06 bits per heavy atom. The molecule has 0 radical (unpaired) electrons. The molecule has 94 valence electrons. The van der Waals surface area contributed by atoms with E-state index in [1.807, 2.05) is 31.2 Å². The van der Waals surface area contributed by atoms with Gasteiger partial charge in [0.1, 0.15) is 5.76 Å². The molecule has 0 aliphatic carbocycles. The molecule has 0 bridgehead atoms. The van der Waals surface area contributed by atoms with Gasteiger partial charge >= 0.3 is 0 Å². The fraction of sp³-hybridized carbons (Fsp3) is 0.231. The van der Waals surface area contributed by atoms with Crippen LogP contribution in [-0.4, -0.2) is 11.1 Å². The molecule has 0 aliphatic rings. The summed E-state index contributed by atoms with van der Waals surface area (Å²) in [5.74, 6) is 0.313. The number of carbonyl (C=O) groups excluding carboxylic acids is 1. The van der Waals surface area contributed by atoms with Gasteiger partial charge in [0, 0.05) is 17.8 Å². The number of aryl methyl sites for hydroxylation is 1. The van der Waals surface area contributed by atoms with Gasteiger partial charge in [-0.25, -0.2) is 0 Å². The smallest absolute Gasteiger partial charge is 0.277 e. The van der Waals surface area contributed by atoms with E-state index in [0.29, 0.717) is 11.4 Å². The second-order valence-corrected chi connectivity index (χ2v) is 4.19. The summed E-state index contributed by atoms with van der Waals surface area (Å²) in [4.78, 5) is 11.8. The van der Waals surface area contributed by atoms with Crippen LogP contribution in [0.1, 0.15) is 34.8 Å². The summed E-state index contributed by atoms with van der Waals surface area (Å²) in [6.45, 7) is 3.65. The monoisotopic (exact) mass is 245 g/mol. The molecule has 2 rings (SSSR count). The molecule has 0 saturated carbocycles. The molecule has 0 aliphatic heterocycles. The lowest BCUT2D eigenvalue weighted by Crippen LogP contribution is -2.12. The normalized spacial score (nSPS) is 12.2. The number of benzene rings is 1. The first kappa shape index (κ1) is 12.3. The third-order valence-electron chi connectivity index (χ3n) is 2.55. The van der Waals surface area contributed by atoms with Gasteiger partial charge in [-0.15, -0.1) is 0 Å². The quantitative estimate of drug-likeness (QED) is 0.869. The van der Waals surface area contributed by atoms with Crippen LogP contribution in [0.3, 0.4) is 0 Å². The molecule has 18 heavy (non-hydrogen) atoms. The van der Waals surface area contributed by atoms with Crippen LogP contribution in [0.15, 0.2) is 34.9 Å². The molecule has 0 fully saturated rings. The molecular weight excluding hydrogens is 230 g/mol. The molecule has 1 atom stereocenters. The minimum Gasteiger partial charge on any atom is -0.361 e. The van der Waals surface area contributed by atoms with E-state index in [2.05, 4.69) is 10.5 Å². The summed E-state index contributed by atoms with van der Waals surface area (Å²) in [5.41, 5.74) is 7.73. The second-order valence-electron chi connectivity index (χ2n) is 4.19. The number of aromatic nitrogens is 1. The van der Waals surface area contributed by atoms with Crippen molar-refractivity contribution in [3.8, 4) is 0 Å². The van der Waals surface area contributed by atoms with Crippen molar-refractivity contribution in [1.29, 1.82) is 0 Å². The molecule has 1 heterocycles. The summed E-state index contributed by atoms with van der Waals surface area (Å²) in [6, 6.07) is 8.95. The van der Waals surface area contributed by atoms with Gasteiger partial charge in [0.15, 0.2) is 5.69 Å². The van der Waals surface area contributed by atoms with Crippen LogP contribution in [0, 0.1) is 6.92 Å². The van der Waals surface area contributed by atoms with E-state index in [-0.39, 0.29) is 17.6 Å². The van der Waals surface area contributed by atoms with E-state index in [1.54, 1.807) is 13.0 Å². The Hall–Kier alpha value is -2.14. The Morgan fingerprint density at radius 3 is 2.56 bits per heavy atom. The topological polar surface area (TPSA) is 81.2 Å². The average molecular weight is 245 g/mol. The Bertz CT molecular complexity index is 544. The summed E-state index contributed by atoms with van der Waals surface area (Å²) in [6.07, 6.45) is 0. The minimum atomic E-state index is -0.291. The average Bonchev–Trinajstić information content (AvgIpc) is 2.76. The predicted molar refractivity (Wildman–Crippen MR) is 68.2 cm³/mol. The van der Waals surface area contributed by atoms with Gasteiger partial charge < -0.3 is 15.6 Å². The first-order valence-corrected chi connectivity index (χ1v) is 5.66. The molecule has 1 aromatic carbocycles. The number of nitrogens with one attached hydrogen (secondary N) is 1. The Labute approximate surface area is 105 Å². The summed E-state index contributed by atoms with van der Waals surface area (Å²) in [5, 5.41) is 6.39. The van der Waals surface area contributed by atoms with Crippen molar-refractivity contribution in [1.82, 2.24) is 5.16 Å². The molecule has 2 aromatic rings. The van der Waals surface area contributed by atoms with Crippen molar-refractivity contribution in [2.75, 3.05) is 5.32 Å². The lowest BCUT2D eigenvalue weighted by Gasteiger charge is -2.07. The maximum Gasteiger partial charge on any atom is 0.277 e. The maximum absolute atomic E-state index is 11.8. The van der Waals surface area contributed by atoms with Crippen molar-refractivity contribution >= 4 is 11.6 Å². The molecule has 1 amide bonds. The van der Waals surface area contributed by atoms with E-state index in [9.17, 15) is 4.79 Å². The largest absolute Gasteiger partial charge is 0.361 e. The Kier molecular flexibility index (Phi) is 3.43. The predicted octanol–water partition coefficient (Wildman–Crippen LogP) is 2.26. The van der Waals surface area contributed by atoms with Crippen molar-refractivity contribution in [3.05, 3.63) is 47.3 Å². The summed E-state index contributed by atoms with van der Waals surface area (Å²) < 4.78 is 4.85. The van der Waals surface area contributed by atoms with Crippen LogP contribution in [0.4, 0.5) is 5.69 Å². The van der Waals surface area contributed by atoms with Crippen LogP contribution in [0.2, 0.25) is 0 Å². The number of hydrogen-bond donors (Lipinski definition) is 2. The van der Waals surface area contributed by atoms with E-state index in [0.717, 1.165) is 5.56 Å². The number of nitrogens with zero attached hydrogens (tertiary/aromatic N) is 1. The lowest BCUT2D eigenvalue weighted by molar-refractivity contribution is 0.101. The van der Waals surface area contributed by atoms with Gasteiger partial charge in [-0.05, 0) is 31.5 Å². The standard InChI is InChI=1S/C13H15N3O2/c1-8-7-12(16-18-8)13(17)15-11-5-3-10(4-6-11)9(2)14/h3-7,9H,14H2,1-2H3,(H,15,17). The molecule has 1 aromatic heterocycles. The van der Waals surface area contributed by atoms with Crippen LogP contribution < -0.4 is 11.1 Å². The third kappa shape index (κ3) is 2.75. The maximum atomic E-state index is 11.8. The first-order chi connectivity index (χ1) is 8.56. The lowest BCUT2D eigenvalue weighted by atomic mass is 10.1. The zero-order chi connectivity index (χ0) is 13.1. The minimum absolute atomic E-state index is 0.0204. The number of nitrogens with two attached hydrogens (primary N) is 1. The number of amides is 1. The number of carbonyl (C=O) groups is 1. The zero-order valence-electron chi connectivity index (χ0n) is 10.3. The highest BCUT2D eigenvalue weighted by atomic mass is 16.5. The van der Waals surface area contributed by atoms with Crippen LogP contribution in [0.5, 0.6) is 0 Å². The van der Waals surface area contributed by atoms with Gasteiger partial charge in [-0.3, -0.25) is 4.79 Å². The Morgan fingerprint density at radius 1 is 1.39 bits per heavy atom. The summed E-state index contributed by atoms with van der Waals surface area (Å²) >= 11 is 0. The molecule has 1 unspecified atom stereocenters. The highest BCUT2D eigenvalue weighted by Gasteiger charge is 2.11. The molecule has 5 heteroatoms. The van der Waals surface area contributed by atoms with Crippen LogP contribution in [-0.2, 0) is 0 Å². The van der Waals surface area contributed by atoms with Gasteiger partial charge in [0.05, 0.1) is 0 Å². The van der Waals surface area contributed by atoms with Gasteiger partial charge in [0.2, 0.25) is 0 Å². The molecular formula is C13H15N3O2. The van der Waals surface area contributed by atoms with E-state index in [1.165, 1.54) is 0 Å². The van der Waals surface area contributed by atoms with E-state index < -0.39 is 0 Å². The zero-order valence-corrected chi connectivity index (χ0v) is 10.3. The highest BCUT2D eigenvalue weighted by molar-refractivity contribution is 6.02. The SMILES string of the molecule is Cc1cc(C(=O)Nc2ccc(C(C)N)cc2)no1. The van der Waals surface area contributed by atoms with Crippen molar-refractivity contribution in [2.24, 2.45) is 5.73 Å². The number of rotatable bonds is 3. The van der Waals surface area contributed by atoms with Gasteiger partial charge in [-0.1, -0.05) is 17.3 Å². The first-order valence-electron chi connectivity index (χ1n) is 5.66. The molecule has 5 nitrogen and oxygen atoms in total. The number of anilines is 1. The van der Waals surface area contributed by atoms with Gasteiger partial charge in [-0.2, -0.15) is 0 Å². The fourth-order valence-corrected chi connectivity index (χ4v) is 1.54. The molecule has 0 spiro atoms. The van der Waals surface area contributed by atoms with E-state index >= 15 is 0 Å². The van der Waals surface area contributed by atoms with Crippen LogP contribution in [0.25, 0.3) is 0 Å². The molecule has 0 saturated heterocycles. The summed E-state index contributed by atoms with van der Waals surface area (Å²) in [7, 11) is 0. The fourth-order valence-electron chi connectivity index (χ4n) is 1.54. The van der Waals surface area contributed by atoms with Crippen molar-refractivity contribution < 1.29 is 9.32 Å². The second kappa shape index (κ2) is 5.01. The van der Waals surface area contributed by atoms with Gasteiger partial charge in [0.25, 0.3) is 5.91 Å². The van der Waals surface area contributed by atoms with E-state index in [4.69, 9.17) is 10.3 Å². The van der Waals surface area contributed by atoms with Crippen LogP contribution >= 0.6 is 0 Å².